The second-order valence-corrected chi connectivity index (χ2v) is 7.38. The molecule has 24 heavy (non-hydrogen) atoms. The Labute approximate surface area is 141 Å². The summed E-state index contributed by atoms with van der Waals surface area (Å²) < 4.78 is 5.10. The lowest BCUT2D eigenvalue weighted by molar-refractivity contribution is -0.139. The fourth-order valence-electron chi connectivity index (χ4n) is 5.02. The highest BCUT2D eigenvalue weighted by atomic mass is 16.5. The van der Waals surface area contributed by atoms with Crippen LogP contribution in [-0.2, 0) is 16.0 Å². The molecule has 0 heterocycles. The molecule has 0 spiro atoms. The van der Waals surface area contributed by atoms with Crippen molar-refractivity contribution in [2.45, 2.75) is 25.7 Å². The predicted octanol–water partition coefficient (Wildman–Crippen LogP) is 2.10. The van der Waals surface area contributed by atoms with E-state index in [2.05, 4.69) is 5.32 Å². The SMILES string of the molecule is O=C(O)COc1ccc(CCNC(=O)C2C3C4CCC(C4)C23)cc1. The zero-order valence-corrected chi connectivity index (χ0v) is 13.6. The molecule has 3 saturated carbocycles. The number of benzene rings is 1. The Kier molecular flexibility index (Phi) is 3.94. The molecule has 0 saturated heterocycles. The number of carboxylic acids is 1. The van der Waals surface area contributed by atoms with E-state index in [1.165, 1.54) is 19.3 Å². The maximum Gasteiger partial charge on any atom is 0.341 e. The largest absolute Gasteiger partial charge is 0.482 e. The monoisotopic (exact) mass is 329 g/mol. The van der Waals surface area contributed by atoms with Gasteiger partial charge in [0, 0.05) is 12.5 Å². The van der Waals surface area contributed by atoms with Crippen molar-refractivity contribution >= 4 is 11.9 Å². The van der Waals surface area contributed by atoms with E-state index in [0.29, 0.717) is 30.0 Å². The highest BCUT2D eigenvalue weighted by Gasteiger charge is 2.67. The molecule has 0 radical (unpaired) electrons. The van der Waals surface area contributed by atoms with Crippen LogP contribution in [0, 0.1) is 29.6 Å². The first-order valence-electron chi connectivity index (χ1n) is 8.85. The van der Waals surface area contributed by atoms with Crippen LogP contribution in [0.25, 0.3) is 0 Å². The summed E-state index contributed by atoms with van der Waals surface area (Å²) in [5.41, 5.74) is 1.11. The molecule has 2 bridgehead atoms. The van der Waals surface area contributed by atoms with Gasteiger partial charge in [-0.15, -0.1) is 0 Å². The average Bonchev–Trinajstić information content (AvgIpc) is 3.02. The zero-order valence-electron chi connectivity index (χ0n) is 13.6. The maximum absolute atomic E-state index is 12.3. The van der Waals surface area contributed by atoms with Crippen molar-refractivity contribution in [3.05, 3.63) is 29.8 Å². The van der Waals surface area contributed by atoms with Gasteiger partial charge in [0.25, 0.3) is 0 Å². The molecule has 4 rings (SSSR count). The minimum absolute atomic E-state index is 0.253. The van der Waals surface area contributed by atoms with E-state index in [4.69, 9.17) is 9.84 Å². The van der Waals surface area contributed by atoms with Gasteiger partial charge in [0.15, 0.2) is 6.61 Å². The Hall–Kier alpha value is -2.04. The minimum Gasteiger partial charge on any atom is -0.482 e. The van der Waals surface area contributed by atoms with Crippen LogP contribution in [0.1, 0.15) is 24.8 Å². The van der Waals surface area contributed by atoms with E-state index in [9.17, 15) is 9.59 Å². The van der Waals surface area contributed by atoms with Crippen LogP contribution in [0.4, 0.5) is 0 Å². The number of amides is 1. The molecule has 4 atom stereocenters. The number of nitrogens with one attached hydrogen (secondary N) is 1. The number of aliphatic carboxylic acids is 1. The number of carbonyl (C=O) groups is 2. The van der Waals surface area contributed by atoms with Crippen LogP contribution in [0.5, 0.6) is 5.75 Å². The molecule has 0 aromatic heterocycles. The Morgan fingerprint density at radius 3 is 2.42 bits per heavy atom. The van der Waals surface area contributed by atoms with Gasteiger partial charge in [-0.25, -0.2) is 4.79 Å². The smallest absolute Gasteiger partial charge is 0.341 e. The first-order valence-corrected chi connectivity index (χ1v) is 8.85. The summed E-state index contributed by atoms with van der Waals surface area (Å²) in [6.07, 6.45) is 4.83. The molecule has 1 aromatic carbocycles. The van der Waals surface area contributed by atoms with Gasteiger partial charge in [0.2, 0.25) is 5.91 Å². The van der Waals surface area contributed by atoms with Crippen molar-refractivity contribution in [1.82, 2.24) is 5.32 Å². The Morgan fingerprint density at radius 2 is 1.79 bits per heavy atom. The van der Waals surface area contributed by atoms with Gasteiger partial charge >= 0.3 is 5.97 Å². The summed E-state index contributed by atoms with van der Waals surface area (Å²) >= 11 is 0. The lowest BCUT2D eigenvalue weighted by Crippen LogP contribution is -2.29. The van der Waals surface area contributed by atoms with Crippen LogP contribution in [-0.4, -0.2) is 30.1 Å². The van der Waals surface area contributed by atoms with Crippen molar-refractivity contribution in [1.29, 1.82) is 0 Å². The number of carbonyl (C=O) groups excluding carboxylic acids is 1. The zero-order chi connectivity index (χ0) is 16.7. The third-order valence-electron chi connectivity index (χ3n) is 6.04. The van der Waals surface area contributed by atoms with Crippen LogP contribution < -0.4 is 10.1 Å². The number of rotatable bonds is 7. The fraction of sp³-hybridized carbons (Fsp3) is 0.579. The standard InChI is InChI=1S/C19H23NO4/c21-15(22)10-24-14-5-1-11(2-6-14)7-8-20-19(23)18-16-12-3-4-13(9-12)17(16)18/h1-2,5-6,12-13,16-18H,3-4,7-10H2,(H,20,23)(H,21,22). The molecule has 5 nitrogen and oxygen atoms in total. The topological polar surface area (TPSA) is 75.6 Å². The highest BCUT2D eigenvalue weighted by Crippen LogP contribution is 2.69. The maximum atomic E-state index is 12.3. The second kappa shape index (κ2) is 6.11. The van der Waals surface area contributed by atoms with Gasteiger partial charge in [-0.1, -0.05) is 12.1 Å². The minimum atomic E-state index is -0.986. The fourth-order valence-corrected chi connectivity index (χ4v) is 5.02. The molecule has 3 aliphatic rings. The predicted molar refractivity (Wildman–Crippen MR) is 87.6 cm³/mol. The first-order chi connectivity index (χ1) is 11.6. The normalized spacial score (nSPS) is 32.2. The number of ether oxygens (including phenoxy) is 1. The number of hydrogen-bond acceptors (Lipinski definition) is 3. The summed E-state index contributed by atoms with van der Waals surface area (Å²) in [4.78, 5) is 22.8. The van der Waals surface area contributed by atoms with Crippen molar-refractivity contribution in [2.75, 3.05) is 13.2 Å². The molecule has 4 unspecified atom stereocenters. The van der Waals surface area contributed by atoms with E-state index in [-0.39, 0.29) is 12.5 Å². The van der Waals surface area contributed by atoms with Crippen LogP contribution >= 0.6 is 0 Å². The van der Waals surface area contributed by atoms with Crippen LogP contribution in [0.15, 0.2) is 24.3 Å². The average molecular weight is 329 g/mol. The molecule has 2 N–H and O–H groups in total. The van der Waals surface area contributed by atoms with Gasteiger partial charge in [0.1, 0.15) is 5.75 Å². The van der Waals surface area contributed by atoms with Gasteiger partial charge in [-0.05, 0) is 67.1 Å². The van der Waals surface area contributed by atoms with Gasteiger partial charge in [-0.3, -0.25) is 4.79 Å². The molecule has 128 valence electrons. The molecule has 3 aliphatic carbocycles. The van der Waals surface area contributed by atoms with Gasteiger partial charge < -0.3 is 15.2 Å². The Morgan fingerprint density at radius 1 is 1.12 bits per heavy atom. The number of fused-ring (bicyclic) bond motifs is 5. The molecular formula is C19H23NO4. The van der Waals surface area contributed by atoms with Crippen molar-refractivity contribution in [3.8, 4) is 5.75 Å². The number of hydrogen-bond donors (Lipinski definition) is 2. The van der Waals surface area contributed by atoms with Crippen molar-refractivity contribution in [2.24, 2.45) is 29.6 Å². The van der Waals surface area contributed by atoms with Crippen molar-refractivity contribution < 1.29 is 19.4 Å². The van der Waals surface area contributed by atoms with Gasteiger partial charge in [-0.2, -0.15) is 0 Å². The number of carboxylic acid groups (broad SMARTS) is 1. The summed E-state index contributed by atoms with van der Waals surface area (Å²) in [6.45, 7) is 0.320. The quantitative estimate of drug-likeness (QED) is 0.803. The van der Waals surface area contributed by atoms with E-state index in [1.54, 1.807) is 12.1 Å². The molecule has 1 amide bonds. The molecule has 0 aliphatic heterocycles. The Bertz CT molecular complexity index is 625. The Balaban J connectivity index is 1.20. The molecule has 1 aromatic rings. The van der Waals surface area contributed by atoms with Gasteiger partial charge in [0.05, 0.1) is 0 Å². The molecule has 5 heteroatoms. The highest BCUT2D eigenvalue weighted by molar-refractivity contribution is 5.82. The molecule has 3 fully saturated rings. The van der Waals surface area contributed by atoms with Crippen molar-refractivity contribution in [3.63, 3.8) is 0 Å². The third-order valence-corrected chi connectivity index (χ3v) is 6.04. The lowest BCUT2D eigenvalue weighted by atomic mass is 10.0. The van der Waals surface area contributed by atoms with E-state index in [0.717, 1.165) is 23.8 Å². The summed E-state index contributed by atoms with van der Waals surface area (Å²) in [7, 11) is 0. The van der Waals surface area contributed by atoms with Crippen LogP contribution in [0.2, 0.25) is 0 Å². The van der Waals surface area contributed by atoms with E-state index >= 15 is 0 Å². The summed E-state index contributed by atoms with van der Waals surface area (Å²) in [5, 5.41) is 11.7. The summed E-state index contributed by atoms with van der Waals surface area (Å²) in [6, 6.07) is 7.36. The first kappa shape index (κ1) is 15.5. The molecular weight excluding hydrogens is 306 g/mol. The lowest BCUT2D eigenvalue weighted by Gasteiger charge is -2.10. The van der Waals surface area contributed by atoms with E-state index < -0.39 is 5.97 Å². The summed E-state index contributed by atoms with van der Waals surface area (Å²) in [5.74, 6) is 3.14. The third kappa shape index (κ3) is 2.87. The van der Waals surface area contributed by atoms with E-state index in [1.807, 2.05) is 12.1 Å². The second-order valence-electron chi connectivity index (χ2n) is 7.38. The van der Waals surface area contributed by atoms with Crippen LogP contribution in [0.3, 0.4) is 0 Å².